The third-order valence-electron chi connectivity index (χ3n) is 5.74. The summed E-state index contributed by atoms with van der Waals surface area (Å²) in [4.78, 5) is 29.2. The van der Waals surface area contributed by atoms with Crippen LogP contribution < -0.4 is 25.8 Å². The fourth-order valence-corrected chi connectivity index (χ4v) is 4.33. The van der Waals surface area contributed by atoms with Gasteiger partial charge < -0.3 is 24.8 Å². The molecule has 174 valence electrons. The molecule has 2 heterocycles. The molecule has 1 aliphatic rings. The fourth-order valence-electron chi connectivity index (χ4n) is 4.33. The predicted octanol–water partition coefficient (Wildman–Crippen LogP) is 3.47. The number of carbonyl (C=O) groups excluding carboxylic acids is 1. The second-order valence-corrected chi connectivity index (χ2v) is 8.59. The molecular formula is C25H29FN4O3. The maximum atomic E-state index is 13.7. The van der Waals surface area contributed by atoms with Gasteiger partial charge in [0, 0.05) is 44.1 Å². The highest BCUT2D eigenvalue weighted by Crippen LogP contribution is 2.36. The molecule has 4 rings (SSSR count). The number of nitrogens with zero attached hydrogens (tertiary/aromatic N) is 2. The van der Waals surface area contributed by atoms with E-state index in [1.165, 1.54) is 25.3 Å². The van der Waals surface area contributed by atoms with Crippen LogP contribution in [-0.2, 0) is 6.54 Å². The Bertz CT molecular complexity index is 1230. The first-order valence-electron chi connectivity index (χ1n) is 11.2. The first kappa shape index (κ1) is 22.8. The molecule has 0 atom stereocenters. The molecule has 0 aliphatic carbocycles. The molecule has 0 saturated carbocycles. The molecule has 7 nitrogen and oxygen atoms in total. The van der Waals surface area contributed by atoms with E-state index in [1.54, 1.807) is 10.6 Å². The van der Waals surface area contributed by atoms with E-state index in [0.29, 0.717) is 6.54 Å². The smallest absolute Gasteiger partial charge is 0.267 e. The molecule has 0 spiro atoms. The third-order valence-corrected chi connectivity index (χ3v) is 5.74. The van der Waals surface area contributed by atoms with Crippen LogP contribution >= 0.6 is 0 Å². The summed E-state index contributed by atoms with van der Waals surface area (Å²) in [5.74, 6) is -0.687. The van der Waals surface area contributed by atoms with E-state index in [9.17, 15) is 14.0 Å². The second-order valence-electron chi connectivity index (χ2n) is 8.59. The van der Waals surface area contributed by atoms with E-state index in [-0.39, 0.29) is 22.9 Å². The van der Waals surface area contributed by atoms with E-state index in [2.05, 4.69) is 15.5 Å². The molecule has 1 amide bonds. The molecule has 1 saturated heterocycles. The van der Waals surface area contributed by atoms with Gasteiger partial charge in [-0.3, -0.25) is 9.59 Å². The molecular weight excluding hydrogens is 423 g/mol. The van der Waals surface area contributed by atoms with Gasteiger partial charge >= 0.3 is 0 Å². The van der Waals surface area contributed by atoms with Crippen LogP contribution in [0, 0.1) is 11.7 Å². The van der Waals surface area contributed by atoms with Crippen molar-refractivity contribution in [1.82, 2.24) is 9.88 Å². The summed E-state index contributed by atoms with van der Waals surface area (Å²) in [7, 11) is 1.47. The summed E-state index contributed by atoms with van der Waals surface area (Å²) in [6.45, 7) is 7.79. The van der Waals surface area contributed by atoms with E-state index in [1.807, 2.05) is 32.0 Å². The van der Waals surface area contributed by atoms with Gasteiger partial charge in [0.25, 0.3) is 11.5 Å². The summed E-state index contributed by atoms with van der Waals surface area (Å²) < 4.78 is 21.0. The highest BCUT2D eigenvalue weighted by molar-refractivity contribution is 6.11. The standard InChI is InChI=1S/C25H29FN4O3/c1-16(2)15-30-20-9-5-8-19(29-12-10-27-11-13-29)21(20)23(33-3)22(25(30)32)24(31)28-18-7-4-6-17(26)14-18/h4-9,14,16,27H,10-13,15H2,1-3H3,(H,28,31). The zero-order valence-corrected chi connectivity index (χ0v) is 19.2. The minimum Gasteiger partial charge on any atom is -0.495 e. The van der Waals surface area contributed by atoms with Crippen LogP contribution in [-0.4, -0.2) is 43.8 Å². The van der Waals surface area contributed by atoms with E-state index in [4.69, 9.17) is 4.74 Å². The molecule has 0 bridgehead atoms. The largest absolute Gasteiger partial charge is 0.495 e. The van der Waals surface area contributed by atoms with Crippen LogP contribution in [0.3, 0.4) is 0 Å². The van der Waals surface area contributed by atoms with Crippen LogP contribution in [0.2, 0.25) is 0 Å². The molecule has 1 fully saturated rings. The number of halogens is 1. The monoisotopic (exact) mass is 452 g/mol. The first-order valence-corrected chi connectivity index (χ1v) is 11.2. The number of benzene rings is 2. The summed E-state index contributed by atoms with van der Waals surface area (Å²) >= 11 is 0. The fraction of sp³-hybridized carbons (Fsp3) is 0.360. The lowest BCUT2D eigenvalue weighted by Gasteiger charge is -2.31. The molecule has 2 N–H and O–H groups in total. The Kier molecular flexibility index (Phi) is 6.65. The molecule has 2 aromatic carbocycles. The zero-order valence-electron chi connectivity index (χ0n) is 19.2. The summed E-state index contributed by atoms with van der Waals surface area (Å²) in [5.41, 5.74) is 1.40. The first-order chi connectivity index (χ1) is 15.9. The second kappa shape index (κ2) is 9.62. The van der Waals surface area contributed by atoms with Gasteiger partial charge in [-0.1, -0.05) is 26.0 Å². The van der Waals surface area contributed by atoms with E-state index < -0.39 is 17.3 Å². The van der Waals surface area contributed by atoms with Gasteiger partial charge in [-0.25, -0.2) is 4.39 Å². The van der Waals surface area contributed by atoms with Crippen LogP contribution in [0.15, 0.2) is 47.3 Å². The highest BCUT2D eigenvalue weighted by atomic mass is 19.1. The van der Waals surface area contributed by atoms with Gasteiger partial charge in [-0.05, 0) is 36.2 Å². The van der Waals surface area contributed by atoms with Crippen LogP contribution in [0.5, 0.6) is 5.75 Å². The lowest BCUT2D eigenvalue weighted by molar-refractivity contribution is 0.102. The molecule has 0 radical (unpaired) electrons. The normalized spacial score (nSPS) is 14.0. The Morgan fingerprint density at radius 2 is 1.91 bits per heavy atom. The number of nitrogens with one attached hydrogen (secondary N) is 2. The van der Waals surface area contributed by atoms with Crippen LogP contribution in [0.4, 0.5) is 15.8 Å². The number of fused-ring (bicyclic) bond motifs is 1. The van der Waals surface area contributed by atoms with Crippen molar-refractivity contribution in [2.24, 2.45) is 5.92 Å². The number of carbonyl (C=O) groups is 1. The van der Waals surface area contributed by atoms with Gasteiger partial charge in [0.2, 0.25) is 0 Å². The molecule has 1 aromatic heterocycles. The molecule has 3 aromatic rings. The number of ether oxygens (including phenoxy) is 1. The maximum absolute atomic E-state index is 13.7. The number of methoxy groups -OCH3 is 1. The number of piperazine rings is 1. The van der Waals surface area contributed by atoms with Crippen LogP contribution in [0.25, 0.3) is 10.9 Å². The van der Waals surface area contributed by atoms with E-state index >= 15 is 0 Å². The molecule has 8 heteroatoms. The number of hydrogen-bond donors (Lipinski definition) is 2. The Morgan fingerprint density at radius 1 is 1.18 bits per heavy atom. The quantitative estimate of drug-likeness (QED) is 0.599. The number of aromatic nitrogens is 1. The van der Waals surface area contributed by atoms with Crippen molar-refractivity contribution in [1.29, 1.82) is 0 Å². The lowest BCUT2D eigenvalue weighted by Crippen LogP contribution is -2.43. The van der Waals surface area contributed by atoms with Crippen molar-refractivity contribution in [2.45, 2.75) is 20.4 Å². The average molecular weight is 453 g/mol. The highest BCUT2D eigenvalue weighted by Gasteiger charge is 2.27. The molecule has 0 unspecified atom stereocenters. The Balaban J connectivity index is 1.95. The van der Waals surface area contributed by atoms with Crippen LogP contribution in [0.1, 0.15) is 24.2 Å². The van der Waals surface area contributed by atoms with Crippen molar-refractivity contribution < 1.29 is 13.9 Å². The van der Waals surface area contributed by atoms with Gasteiger partial charge in [0.15, 0.2) is 0 Å². The van der Waals surface area contributed by atoms with Crippen molar-refractivity contribution in [3.05, 3.63) is 64.2 Å². The zero-order chi connectivity index (χ0) is 23.5. The number of anilines is 2. The minimum absolute atomic E-state index is 0.0857. The summed E-state index contributed by atoms with van der Waals surface area (Å²) in [6.07, 6.45) is 0. The van der Waals surface area contributed by atoms with Crippen molar-refractivity contribution in [3.63, 3.8) is 0 Å². The van der Waals surface area contributed by atoms with Gasteiger partial charge in [0.05, 0.1) is 18.0 Å². The van der Waals surface area contributed by atoms with Crippen molar-refractivity contribution in [2.75, 3.05) is 43.5 Å². The van der Waals surface area contributed by atoms with Gasteiger partial charge in [0.1, 0.15) is 17.1 Å². The third kappa shape index (κ3) is 4.57. The SMILES string of the molecule is COc1c(C(=O)Nc2cccc(F)c2)c(=O)n(CC(C)C)c2cccc(N3CCNCC3)c12. The van der Waals surface area contributed by atoms with Crippen molar-refractivity contribution in [3.8, 4) is 5.75 Å². The minimum atomic E-state index is -0.628. The maximum Gasteiger partial charge on any atom is 0.267 e. The average Bonchev–Trinajstić information content (AvgIpc) is 2.80. The Hall–Kier alpha value is -3.39. The Morgan fingerprint density at radius 3 is 2.58 bits per heavy atom. The summed E-state index contributed by atoms with van der Waals surface area (Å²) in [5, 5.41) is 6.74. The topological polar surface area (TPSA) is 75.6 Å². The molecule has 33 heavy (non-hydrogen) atoms. The predicted molar refractivity (Wildman–Crippen MR) is 129 cm³/mol. The number of pyridine rings is 1. The van der Waals surface area contributed by atoms with E-state index in [0.717, 1.165) is 42.8 Å². The van der Waals surface area contributed by atoms with Gasteiger partial charge in [-0.15, -0.1) is 0 Å². The number of hydrogen-bond acceptors (Lipinski definition) is 5. The summed E-state index contributed by atoms with van der Waals surface area (Å²) in [6, 6.07) is 11.4. The Labute approximate surface area is 192 Å². The van der Waals surface area contributed by atoms with Gasteiger partial charge in [-0.2, -0.15) is 0 Å². The lowest BCUT2D eigenvalue weighted by atomic mass is 10.0. The van der Waals surface area contributed by atoms with Crippen molar-refractivity contribution >= 4 is 28.2 Å². The number of rotatable bonds is 6. The number of amides is 1. The molecule has 1 aliphatic heterocycles.